The molecule has 0 saturated heterocycles. The molecule has 0 unspecified atom stereocenters. The maximum atomic E-state index is 13.4. The lowest BCUT2D eigenvalue weighted by molar-refractivity contribution is -0.131. The Labute approximate surface area is 91.6 Å². The summed E-state index contributed by atoms with van der Waals surface area (Å²) in [6.45, 7) is 0. The summed E-state index contributed by atoms with van der Waals surface area (Å²) in [4.78, 5) is 10.4. The van der Waals surface area contributed by atoms with E-state index in [0.29, 0.717) is 16.3 Å². The van der Waals surface area contributed by atoms with E-state index < -0.39 is 5.97 Å². The highest BCUT2D eigenvalue weighted by Crippen LogP contribution is 2.22. The van der Waals surface area contributed by atoms with Crippen LogP contribution in [0.15, 0.2) is 42.5 Å². The Bertz CT molecular complexity index is 573. The summed E-state index contributed by atoms with van der Waals surface area (Å²) in [6, 6.07) is 9.87. The minimum Gasteiger partial charge on any atom is -0.478 e. The van der Waals surface area contributed by atoms with Crippen LogP contribution >= 0.6 is 0 Å². The summed E-state index contributed by atoms with van der Waals surface area (Å²) in [5, 5.41) is 9.74. The monoisotopic (exact) mass is 216 g/mol. The van der Waals surface area contributed by atoms with Crippen molar-refractivity contribution in [2.75, 3.05) is 0 Å². The summed E-state index contributed by atoms with van der Waals surface area (Å²) in [5.74, 6) is -1.32. The fraction of sp³-hybridized carbons (Fsp3) is 0. The van der Waals surface area contributed by atoms with Gasteiger partial charge in [-0.05, 0) is 23.1 Å². The molecule has 0 aliphatic heterocycles. The van der Waals surface area contributed by atoms with Gasteiger partial charge in [0.15, 0.2) is 0 Å². The van der Waals surface area contributed by atoms with Crippen molar-refractivity contribution in [3.63, 3.8) is 0 Å². The molecule has 0 atom stereocenters. The Balaban J connectivity index is 2.63. The van der Waals surface area contributed by atoms with Crippen LogP contribution in [0, 0.1) is 5.82 Å². The van der Waals surface area contributed by atoms with Crippen molar-refractivity contribution in [1.29, 1.82) is 0 Å². The zero-order valence-electron chi connectivity index (χ0n) is 8.35. The first-order chi connectivity index (χ1) is 7.68. The number of hydrogen-bond donors (Lipinski definition) is 1. The predicted octanol–water partition coefficient (Wildman–Crippen LogP) is 3.08. The largest absolute Gasteiger partial charge is 0.478 e. The minimum absolute atomic E-state index is 0.303. The fourth-order valence-electron chi connectivity index (χ4n) is 1.59. The Hall–Kier alpha value is -2.16. The Morgan fingerprint density at radius 1 is 1.12 bits per heavy atom. The number of fused-ring (bicyclic) bond motifs is 1. The first kappa shape index (κ1) is 10.4. The van der Waals surface area contributed by atoms with E-state index in [1.165, 1.54) is 12.1 Å². The molecule has 0 aliphatic rings. The molecule has 0 fully saturated rings. The Morgan fingerprint density at radius 2 is 1.81 bits per heavy atom. The molecule has 0 heterocycles. The summed E-state index contributed by atoms with van der Waals surface area (Å²) < 4.78 is 13.4. The molecule has 0 bridgehead atoms. The molecule has 0 radical (unpaired) electrons. The van der Waals surface area contributed by atoms with Crippen LogP contribution in [0.5, 0.6) is 0 Å². The minimum atomic E-state index is -1.02. The summed E-state index contributed by atoms with van der Waals surface area (Å²) in [5.41, 5.74) is 0.694. The van der Waals surface area contributed by atoms with E-state index >= 15 is 0 Å². The summed E-state index contributed by atoms with van der Waals surface area (Å²) in [7, 11) is 0. The first-order valence-electron chi connectivity index (χ1n) is 4.77. The summed E-state index contributed by atoms with van der Waals surface area (Å²) >= 11 is 0. The number of carbonyl (C=O) groups is 1. The van der Waals surface area contributed by atoms with E-state index in [2.05, 4.69) is 0 Å². The van der Waals surface area contributed by atoms with Crippen LogP contribution in [-0.4, -0.2) is 11.1 Å². The third kappa shape index (κ3) is 1.93. The molecule has 16 heavy (non-hydrogen) atoms. The van der Waals surface area contributed by atoms with Gasteiger partial charge in [0.1, 0.15) is 5.82 Å². The molecule has 2 aromatic carbocycles. The van der Waals surface area contributed by atoms with Crippen LogP contribution in [0.3, 0.4) is 0 Å². The SMILES string of the molecule is O=C(O)/C=C/c1ccc(F)c2ccccc12. The van der Waals surface area contributed by atoms with Crippen LogP contribution in [0.4, 0.5) is 4.39 Å². The molecule has 1 N–H and O–H groups in total. The van der Waals surface area contributed by atoms with Crippen molar-refractivity contribution in [2.24, 2.45) is 0 Å². The second-order valence-electron chi connectivity index (χ2n) is 3.35. The lowest BCUT2D eigenvalue weighted by Gasteiger charge is -2.02. The highest BCUT2D eigenvalue weighted by Gasteiger charge is 2.02. The van der Waals surface area contributed by atoms with Crippen LogP contribution in [0.25, 0.3) is 16.8 Å². The quantitative estimate of drug-likeness (QED) is 0.783. The van der Waals surface area contributed by atoms with Gasteiger partial charge >= 0.3 is 5.97 Å². The third-order valence-corrected chi connectivity index (χ3v) is 2.31. The molecule has 2 rings (SSSR count). The topological polar surface area (TPSA) is 37.3 Å². The van der Waals surface area contributed by atoms with E-state index in [0.717, 1.165) is 6.08 Å². The van der Waals surface area contributed by atoms with Gasteiger partial charge in [-0.15, -0.1) is 0 Å². The predicted molar refractivity (Wildman–Crippen MR) is 60.6 cm³/mol. The summed E-state index contributed by atoms with van der Waals surface area (Å²) in [6.07, 6.45) is 2.50. The van der Waals surface area contributed by atoms with Gasteiger partial charge in [-0.2, -0.15) is 0 Å². The first-order valence-corrected chi connectivity index (χ1v) is 4.77. The Morgan fingerprint density at radius 3 is 2.50 bits per heavy atom. The highest BCUT2D eigenvalue weighted by atomic mass is 19.1. The lowest BCUT2D eigenvalue weighted by Crippen LogP contribution is -1.87. The number of benzene rings is 2. The molecular formula is C13H9FO2. The van der Waals surface area contributed by atoms with E-state index in [1.807, 2.05) is 0 Å². The molecule has 2 nitrogen and oxygen atoms in total. The van der Waals surface area contributed by atoms with Gasteiger partial charge < -0.3 is 5.11 Å². The van der Waals surface area contributed by atoms with Crippen molar-refractivity contribution in [1.82, 2.24) is 0 Å². The van der Waals surface area contributed by atoms with E-state index in [-0.39, 0.29) is 5.82 Å². The van der Waals surface area contributed by atoms with Gasteiger partial charge in [0.25, 0.3) is 0 Å². The van der Waals surface area contributed by atoms with Gasteiger partial charge in [0.05, 0.1) is 0 Å². The molecule has 0 aromatic heterocycles. The lowest BCUT2D eigenvalue weighted by atomic mass is 10.0. The average Bonchev–Trinajstić information content (AvgIpc) is 2.28. The second kappa shape index (κ2) is 4.14. The normalized spacial score (nSPS) is 11.1. The van der Waals surface area contributed by atoms with Crippen LogP contribution in [0.2, 0.25) is 0 Å². The second-order valence-corrected chi connectivity index (χ2v) is 3.35. The number of rotatable bonds is 2. The highest BCUT2D eigenvalue weighted by molar-refractivity contribution is 5.94. The van der Waals surface area contributed by atoms with Crippen LogP contribution in [0.1, 0.15) is 5.56 Å². The molecule has 3 heteroatoms. The smallest absolute Gasteiger partial charge is 0.328 e. The number of halogens is 1. The van der Waals surface area contributed by atoms with Crippen molar-refractivity contribution in [2.45, 2.75) is 0 Å². The van der Waals surface area contributed by atoms with Crippen molar-refractivity contribution < 1.29 is 14.3 Å². The zero-order chi connectivity index (χ0) is 11.5. The van der Waals surface area contributed by atoms with Crippen LogP contribution < -0.4 is 0 Å². The van der Waals surface area contributed by atoms with E-state index in [4.69, 9.17) is 5.11 Å². The number of carboxylic acid groups (broad SMARTS) is 1. The van der Waals surface area contributed by atoms with Gasteiger partial charge in [0.2, 0.25) is 0 Å². The number of carboxylic acids is 1. The molecule has 0 amide bonds. The van der Waals surface area contributed by atoms with Gasteiger partial charge in [0, 0.05) is 11.5 Å². The van der Waals surface area contributed by atoms with Gasteiger partial charge in [-0.3, -0.25) is 0 Å². The number of aliphatic carboxylic acids is 1. The molecule has 2 aromatic rings. The van der Waals surface area contributed by atoms with E-state index in [1.54, 1.807) is 30.3 Å². The van der Waals surface area contributed by atoms with Crippen molar-refractivity contribution in [3.8, 4) is 0 Å². The van der Waals surface area contributed by atoms with Crippen molar-refractivity contribution in [3.05, 3.63) is 53.9 Å². The standard InChI is InChI=1S/C13H9FO2/c14-12-7-5-9(6-8-13(15)16)10-3-1-2-4-11(10)12/h1-8H,(H,15,16)/b8-6+. The molecule has 0 saturated carbocycles. The van der Waals surface area contributed by atoms with E-state index in [9.17, 15) is 9.18 Å². The Kier molecular flexibility index (Phi) is 2.68. The molecular weight excluding hydrogens is 207 g/mol. The van der Waals surface area contributed by atoms with Gasteiger partial charge in [-0.1, -0.05) is 30.3 Å². The van der Waals surface area contributed by atoms with Crippen molar-refractivity contribution >= 4 is 22.8 Å². The molecule has 80 valence electrons. The van der Waals surface area contributed by atoms with Crippen LogP contribution in [-0.2, 0) is 4.79 Å². The third-order valence-electron chi connectivity index (χ3n) is 2.31. The molecule has 0 aliphatic carbocycles. The zero-order valence-corrected chi connectivity index (χ0v) is 8.35. The fourth-order valence-corrected chi connectivity index (χ4v) is 1.59. The van der Waals surface area contributed by atoms with Gasteiger partial charge in [-0.25, -0.2) is 9.18 Å². The average molecular weight is 216 g/mol. The molecule has 0 spiro atoms. The maximum absolute atomic E-state index is 13.4. The number of hydrogen-bond acceptors (Lipinski definition) is 1. The maximum Gasteiger partial charge on any atom is 0.328 e.